The van der Waals surface area contributed by atoms with Gasteiger partial charge in [-0.05, 0) is 43.5 Å². The minimum Gasteiger partial charge on any atom is -0.409 e. The Morgan fingerprint density at radius 2 is 2.21 bits per heavy atom. The van der Waals surface area contributed by atoms with Crippen LogP contribution in [0.3, 0.4) is 0 Å². The van der Waals surface area contributed by atoms with Crippen molar-refractivity contribution in [3.63, 3.8) is 0 Å². The van der Waals surface area contributed by atoms with Crippen LogP contribution in [0.4, 0.5) is 0 Å². The molecule has 0 aliphatic heterocycles. The monoisotopic (exact) mass is 283 g/mol. The average Bonchev–Trinajstić information content (AvgIpc) is 2.37. The fourth-order valence-corrected chi connectivity index (χ4v) is 1.89. The van der Waals surface area contributed by atoms with Crippen LogP contribution in [0, 0.1) is 6.92 Å². The highest BCUT2D eigenvalue weighted by Crippen LogP contribution is 2.15. The minimum absolute atomic E-state index is 0.113. The summed E-state index contributed by atoms with van der Waals surface area (Å²) in [5.74, 6) is 0.0952. The Balaban J connectivity index is 2.35. The molecule has 1 aromatic carbocycles. The van der Waals surface area contributed by atoms with Gasteiger partial charge in [0.25, 0.3) is 5.91 Å². The number of amides is 1. The lowest BCUT2D eigenvalue weighted by molar-refractivity contribution is 0.0952. The van der Waals surface area contributed by atoms with Crippen molar-refractivity contribution in [2.45, 2.75) is 26.2 Å². The largest absolute Gasteiger partial charge is 0.409 e. The molecule has 1 amide bonds. The molecule has 0 spiro atoms. The van der Waals surface area contributed by atoms with E-state index in [1.54, 1.807) is 18.2 Å². The summed E-state index contributed by atoms with van der Waals surface area (Å²) in [5, 5.41) is 14.7. The van der Waals surface area contributed by atoms with Gasteiger partial charge in [0.2, 0.25) is 0 Å². The predicted molar refractivity (Wildman–Crippen MR) is 75.8 cm³/mol. The summed E-state index contributed by atoms with van der Waals surface area (Å²) in [6.45, 7) is 2.40. The quantitative estimate of drug-likeness (QED) is 0.246. The second kappa shape index (κ2) is 7.63. The number of nitrogens with zero attached hydrogens (tertiary/aromatic N) is 1. The van der Waals surface area contributed by atoms with Crippen LogP contribution in [-0.4, -0.2) is 23.5 Å². The zero-order valence-corrected chi connectivity index (χ0v) is 11.6. The highest BCUT2D eigenvalue weighted by atomic mass is 35.5. The molecule has 5 nitrogen and oxygen atoms in total. The SMILES string of the molecule is Cc1cc(Cl)ccc1C(=O)NCCCC/C(N)=N/O. The Kier molecular flexibility index (Phi) is 6.15. The summed E-state index contributed by atoms with van der Waals surface area (Å²) in [7, 11) is 0. The molecular weight excluding hydrogens is 266 g/mol. The lowest BCUT2D eigenvalue weighted by atomic mass is 10.1. The first-order chi connectivity index (χ1) is 9.04. The molecule has 0 saturated carbocycles. The third kappa shape index (κ3) is 5.18. The lowest BCUT2D eigenvalue weighted by Gasteiger charge is -2.07. The van der Waals surface area contributed by atoms with E-state index in [2.05, 4.69) is 10.5 Å². The molecule has 0 aromatic heterocycles. The molecule has 0 aliphatic carbocycles. The van der Waals surface area contributed by atoms with Crippen LogP contribution in [0.15, 0.2) is 23.4 Å². The maximum absolute atomic E-state index is 11.9. The molecular formula is C13H18ClN3O2. The highest BCUT2D eigenvalue weighted by Gasteiger charge is 2.08. The van der Waals surface area contributed by atoms with Gasteiger partial charge in [-0.2, -0.15) is 0 Å². The van der Waals surface area contributed by atoms with Gasteiger partial charge in [0, 0.05) is 23.6 Å². The van der Waals surface area contributed by atoms with Crippen LogP contribution in [0.1, 0.15) is 35.2 Å². The maximum atomic E-state index is 11.9. The number of halogens is 1. The predicted octanol–water partition coefficient (Wildman–Crippen LogP) is 2.29. The van der Waals surface area contributed by atoms with Crippen molar-refractivity contribution in [1.29, 1.82) is 0 Å². The second-order valence-electron chi connectivity index (χ2n) is 4.26. The van der Waals surface area contributed by atoms with Crippen molar-refractivity contribution in [3.8, 4) is 0 Å². The highest BCUT2D eigenvalue weighted by molar-refractivity contribution is 6.30. The molecule has 0 heterocycles. The Morgan fingerprint density at radius 1 is 1.47 bits per heavy atom. The van der Waals surface area contributed by atoms with E-state index in [1.807, 2.05) is 6.92 Å². The van der Waals surface area contributed by atoms with Crippen LogP contribution >= 0.6 is 11.6 Å². The van der Waals surface area contributed by atoms with E-state index in [0.29, 0.717) is 23.6 Å². The standard InChI is InChI=1S/C13H18ClN3O2/c1-9-8-10(14)5-6-11(9)13(18)16-7-3-2-4-12(15)17-19/h5-6,8,19H,2-4,7H2,1H3,(H2,15,17)(H,16,18). The third-order valence-corrected chi connectivity index (χ3v) is 2.94. The first-order valence-corrected chi connectivity index (χ1v) is 6.43. The van der Waals surface area contributed by atoms with Crippen molar-refractivity contribution in [3.05, 3.63) is 34.3 Å². The average molecular weight is 284 g/mol. The topological polar surface area (TPSA) is 87.7 Å². The van der Waals surface area contributed by atoms with E-state index >= 15 is 0 Å². The van der Waals surface area contributed by atoms with Gasteiger partial charge in [0.15, 0.2) is 0 Å². The Hall–Kier alpha value is -1.75. The van der Waals surface area contributed by atoms with Crippen LogP contribution < -0.4 is 11.1 Å². The number of nitrogens with one attached hydrogen (secondary N) is 1. The molecule has 0 fully saturated rings. The van der Waals surface area contributed by atoms with Gasteiger partial charge in [0.05, 0.1) is 0 Å². The summed E-state index contributed by atoms with van der Waals surface area (Å²) in [6.07, 6.45) is 2.05. The maximum Gasteiger partial charge on any atom is 0.251 e. The van der Waals surface area contributed by atoms with Crippen molar-refractivity contribution < 1.29 is 10.0 Å². The molecule has 104 valence electrons. The lowest BCUT2D eigenvalue weighted by Crippen LogP contribution is -2.25. The molecule has 19 heavy (non-hydrogen) atoms. The van der Waals surface area contributed by atoms with Gasteiger partial charge in [0.1, 0.15) is 5.84 Å². The van der Waals surface area contributed by atoms with Gasteiger partial charge < -0.3 is 16.3 Å². The van der Waals surface area contributed by atoms with Crippen LogP contribution in [0.5, 0.6) is 0 Å². The summed E-state index contributed by atoms with van der Waals surface area (Å²) in [4.78, 5) is 11.9. The van der Waals surface area contributed by atoms with Gasteiger partial charge in [-0.3, -0.25) is 4.79 Å². The molecule has 0 atom stereocenters. The summed E-state index contributed by atoms with van der Waals surface area (Å²) >= 11 is 5.84. The first kappa shape index (κ1) is 15.3. The Labute approximate surface area is 117 Å². The fourth-order valence-electron chi connectivity index (χ4n) is 1.66. The van der Waals surface area contributed by atoms with E-state index in [1.165, 1.54) is 0 Å². The molecule has 0 unspecified atom stereocenters. The number of hydrogen-bond donors (Lipinski definition) is 3. The summed E-state index contributed by atoms with van der Waals surface area (Å²) in [6, 6.07) is 5.17. The van der Waals surface area contributed by atoms with Crippen LogP contribution in [0.25, 0.3) is 0 Å². The van der Waals surface area contributed by atoms with Crippen LogP contribution in [-0.2, 0) is 0 Å². The number of nitrogens with two attached hydrogens (primary N) is 1. The van der Waals surface area contributed by atoms with Gasteiger partial charge >= 0.3 is 0 Å². The fraction of sp³-hybridized carbons (Fsp3) is 0.385. The first-order valence-electron chi connectivity index (χ1n) is 6.05. The van der Waals surface area contributed by atoms with Gasteiger partial charge in [-0.15, -0.1) is 0 Å². The number of benzene rings is 1. The Bertz CT molecular complexity index is 475. The second-order valence-corrected chi connectivity index (χ2v) is 4.70. The van der Waals surface area contributed by atoms with E-state index in [-0.39, 0.29) is 11.7 Å². The normalized spacial score (nSPS) is 11.4. The van der Waals surface area contributed by atoms with Gasteiger partial charge in [-0.1, -0.05) is 16.8 Å². The summed E-state index contributed by atoms with van der Waals surface area (Å²) in [5.41, 5.74) is 6.81. The third-order valence-electron chi connectivity index (χ3n) is 2.71. The van der Waals surface area contributed by atoms with Crippen molar-refractivity contribution >= 4 is 23.3 Å². The smallest absolute Gasteiger partial charge is 0.251 e. The van der Waals surface area contributed by atoms with E-state index < -0.39 is 0 Å². The number of carbonyl (C=O) groups excluding carboxylic acids is 1. The van der Waals surface area contributed by atoms with Crippen molar-refractivity contribution in [2.75, 3.05) is 6.54 Å². The van der Waals surface area contributed by atoms with E-state index in [0.717, 1.165) is 18.4 Å². The number of carbonyl (C=O) groups is 1. The summed E-state index contributed by atoms with van der Waals surface area (Å²) < 4.78 is 0. The molecule has 4 N–H and O–H groups in total. The number of unbranched alkanes of at least 4 members (excludes halogenated alkanes) is 1. The van der Waals surface area contributed by atoms with Gasteiger partial charge in [-0.25, -0.2) is 0 Å². The molecule has 0 bridgehead atoms. The molecule has 0 saturated heterocycles. The number of rotatable bonds is 6. The molecule has 1 aromatic rings. The van der Waals surface area contributed by atoms with E-state index in [9.17, 15) is 4.79 Å². The van der Waals surface area contributed by atoms with Crippen LogP contribution in [0.2, 0.25) is 5.02 Å². The Morgan fingerprint density at radius 3 is 2.84 bits per heavy atom. The molecule has 6 heteroatoms. The number of oxime groups is 1. The zero-order valence-electron chi connectivity index (χ0n) is 10.8. The van der Waals surface area contributed by atoms with Crippen molar-refractivity contribution in [1.82, 2.24) is 5.32 Å². The molecule has 1 rings (SSSR count). The number of amidine groups is 1. The molecule has 0 radical (unpaired) electrons. The van der Waals surface area contributed by atoms with Crippen molar-refractivity contribution in [2.24, 2.45) is 10.9 Å². The zero-order chi connectivity index (χ0) is 14.3. The number of aryl methyl sites for hydroxylation is 1. The minimum atomic E-state index is -0.113. The number of hydrogen-bond acceptors (Lipinski definition) is 3. The molecule has 0 aliphatic rings. The van der Waals surface area contributed by atoms with E-state index in [4.69, 9.17) is 22.5 Å².